The fourth-order valence-corrected chi connectivity index (χ4v) is 0.747. The molecule has 4 heteroatoms. The van der Waals surface area contributed by atoms with E-state index in [1.54, 1.807) is 0 Å². The largest absolute Gasteiger partial charge is 0.384 e. The number of halogens is 3. The average molecular weight is 170 g/mol. The minimum absolute atomic E-state index is 0.267. The van der Waals surface area contributed by atoms with Crippen molar-refractivity contribution in [3.63, 3.8) is 0 Å². The van der Waals surface area contributed by atoms with Gasteiger partial charge in [0.25, 0.3) is 0 Å². The fourth-order valence-electron chi connectivity index (χ4n) is 0.747. The minimum Gasteiger partial charge on any atom is -0.334 e. The summed E-state index contributed by atoms with van der Waals surface area (Å²) in [7, 11) is 0. The molecular weight excluding hydrogens is 157 g/mol. The highest BCUT2D eigenvalue weighted by atomic mass is 19.3. The number of rotatable bonds is 5. The van der Waals surface area contributed by atoms with Crippen LogP contribution >= 0.6 is 0 Å². The Morgan fingerprint density at radius 1 is 1.36 bits per heavy atom. The zero-order valence-electron chi connectivity index (χ0n) is 6.49. The van der Waals surface area contributed by atoms with Crippen LogP contribution in [0.1, 0.15) is 32.6 Å². The molecule has 0 spiro atoms. The first kappa shape index (κ1) is 10.8. The van der Waals surface area contributed by atoms with Crippen molar-refractivity contribution < 1.29 is 18.3 Å². The van der Waals surface area contributed by atoms with Crippen molar-refractivity contribution in [2.45, 2.75) is 44.9 Å². The van der Waals surface area contributed by atoms with Gasteiger partial charge in [-0.3, -0.25) is 0 Å². The third kappa shape index (κ3) is 5.07. The quantitative estimate of drug-likeness (QED) is 0.628. The number of aliphatic hydroxyl groups is 1. The van der Waals surface area contributed by atoms with Crippen molar-refractivity contribution in [2.75, 3.05) is 0 Å². The molecular formula is C7H13F3O. The van der Waals surface area contributed by atoms with Crippen molar-refractivity contribution in [3.05, 3.63) is 0 Å². The van der Waals surface area contributed by atoms with E-state index in [9.17, 15) is 13.2 Å². The smallest absolute Gasteiger partial charge is 0.334 e. The van der Waals surface area contributed by atoms with E-state index in [2.05, 4.69) is 0 Å². The van der Waals surface area contributed by atoms with Crippen LogP contribution in [0.2, 0.25) is 0 Å². The van der Waals surface area contributed by atoms with Crippen molar-refractivity contribution in [3.8, 4) is 0 Å². The summed E-state index contributed by atoms with van der Waals surface area (Å²) < 4.78 is 35.7. The third-order valence-electron chi connectivity index (χ3n) is 1.44. The fraction of sp³-hybridized carbons (Fsp3) is 1.00. The lowest BCUT2D eigenvalue weighted by Gasteiger charge is -2.13. The molecule has 0 aliphatic rings. The van der Waals surface area contributed by atoms with Crippen molar-refractivity contribution >= 4 is 0 Å². The molecule has 0 saturated heterocycles. The van der Waals surface area contributed by atoms with E-state index in [-0.39, 0.29) is 6.42 Å². The van der Waals surface area contributed by atoms with E-state index < -0.39 is 12.3 Å². The van der Waals surface area contributed by atoms with Crippen LogP contribution in [-0.4, -0.2) is 17.4 Å². The summed E-state index contributed by atoms with van der Waals surface area (Å²) in [6.07, 6.45) is -4.87. The average Bonchev–Trinajstić information content (AvgIpc) is 1.86. The topological polar surface area (TPSA) is 20.2 Å². The summed E-state index contributed by atoms with van der Waals surface area (Å²) in [5.74, 6) is 0. The maximum atomic E-state index is 12.2. The third-order valence-corrected chi connectivity index (χ3v) is 1.44. The monoisotopic (exact) mass is 170 g/mol. The van der Waals surface area contributed by atoms with Crippen LogP contribution in [0.5, 0.6) is 0 Å². The zero-order valence-corrected chi connectivity index (χ0v) is 6.49. The lowest BCUT2D eigenvalue weighted by molar-refractivity contribution is -0.241. The first-order valence-corrected chi connectivity index (χ1v) is 3.72. The molecule has 0 aliphatic heterocycles. The van der Waals surface area contributed by atoms with Crippen LogP contribution in [0.3, 0.4) is 0 Å². The van der Waals surface area contributed by atoms with Crippen molar-refractivity contribution in [1.82, 2.24) is 0 Å². The van der Waals surface area contributed by atoms with Gasteiger partial charge < -0.3 is 5.11 Å². The first-order valence-electron chi connectivity index (χ1n) is 3.72. The molecule has 1 nitrogen and oxygen atoms in total. The van der Waals surface area contributed by atoms with Crippen LogP contribution in [0, 0.1) is 0 Å². The molecule has 1 unspecified atom stereocenters. The van der Waals surface area contributed by atoms with Crippen LogP contribution in [0.4, 0.5) is 13.2 Å². The van der Waals surface area contributed by atoms with Gasteiger partial charge >= 0.3 is 6.11 Å². The molecule has 0 radical (unpaired) electrons. The summed E-state index contributed by atoms with van der Waals surface area (Å²) in [5, 5.41) is 7.88. The molecule has 1 N–H and O–H groups in total. The lowest BCUT2D eigenvalue weighted by atomic mass is 10.1. The van der Waals surface area contributed by atoms with Gasteiger partial charge in [0, 0.05) is 0 Å². The van der Waals surface area contributed by atoms with Gasteiger partial charge in [-0.05, 0) is 6.42 Å². The highest BCUT2D eigenvalue weighted by Gasteiger charge is 2.36. The minimum atomic E-state index is -4.16. The highest BCUT2D eigenvalue weighted by Crippen LogP contribution is 2.22. The number of alkyl halides is 3. The van der Waals surface area contributed by atoms with E-state index in [0.717, 1.165) is 12.8 Å². The number of hydrogen-bond acceptors (Lipinski definition) is 1. The Morgan fingerprint density at radius 3 is 2.27 bits per heavy atom. The predicted molar refractivity (Wildman–Crippen MR) is 36.2 cm³/mol. The molecule has 0 aromatic heterocycles. The molecule has 68 valence electrons. The molecule has 0 aliphatic carbocycles. The number of hydrogen-bond donors (Lipinski definition) is 1. The maximum absolute atomic E-state index is 12.2. The Balaban J connectivity index is 3.44. The Labute approximate surface area is 64.2 Å². The van der Waals surface area contributed by atoms with Gasteiger partial charge in [-0.1, -0.05) is 26.2 Å². The molecule has 0 rings (SSSR count). The van der Waals surface area contributed by atoms with Crippen LogP contribution in [0.25, 0.3) is 0 Å². The highest BCUT2D eigenvalue weighted by molar-refractivity contribution is 4.64. The van der Waals surface area contributed by atoms with Crippen LogP contribution < -0.4 is 0 Å². The van der Waals surface area contributed by atoms with Gasteiger partial charge in [0.05, 0.1) is 0 Å². The standard InChI is InChI=1S/C7H13F3O/c1-2-3-4-5-6(8)7(9,10)11/h6,11H,2-5H2,1H3. The van der Waals surface area contributed by atoms with E-state index in [1.165, 1.54) is 0 Å². The lowest BCUT2D eigenvalue weighted by Crippen LogP contribution is -2.29. The molecule has 11 heavy (non-hydrogen) atoms. The van der Waals surface area contributed by atoms with E-state index in [4.69, 9.17) is 5.11 Å². The summed E-state index contributed by atoms with van der Waals surface area (Å²) in [4.78, 5) is 0. The Kier molecular flexibility index (Phi) is 4.49. The first-order chi connectivity index (χ1) is 4.98. The summed E-state index contributed by atoms with van der Waals surface area (Å²) in [5.41, 5.74) is 0. The molecule has 0 amide bonds. The Hall–Kier alpha value is -0.250. The van der Waals surface area contributed by atoms with Gasteiger partial charge in [-0.15, -0.1) is 0 Å². The van der Waals surface area contributed by atoms with E-state index in [0.29, 0.717) is 6.42 Å². The van der Waals surface area contributed by atoms with Gasteiger partial charge in [0.1, 0.15) is 0 Å². The van der Waals surface area contributed by atoms with Crippen LogP contribution in [-0.2, 0) is 0 Å². The molecule has 0 aromatic carbocycles. The van der Waals surface area contributed by atoms with Crippen LogP contribution in [0.15, 0.2) is 0 Å². The van der Waals surface area contributed by atoms with E-state index >= 15 is 0 Å². The SMILES string of the molecule is CCCCCC(F)C(O)(F)F. The van der Waals surface area contributed by atoms with E-state index in [1.807, 2.05) is 6.92 Å². The molecule has 0 aromatic rings. The Morgan fingerprint density at radius 2 is 1.91 bits per heavy atom. The molecule has 0 bridgehead atoms. The molecule has 0 saturated carbocycles. The van der Waals surface area contributed by atoms with Crippen molar-refractivity contribution in [2.24, 2.45) is 0 Å². The van der Waals surface area contributed by atoms with Gasteiger partial charge in [-0.2, -0.15) is 8.78 Å². The summed E-state index contributed by atoms with van der Waals surface area (Å²) in [6.45, 7) is 1.89. The van der Waals surface area contributed by atoms with Crippen molar-refractivity contribution in [1.29, 1.82) is 0 Å². The molecule has 0 heterocycles. The second-order valence-electron chi connectivity index (χ2n) is 2.55. The summed E-state index contributed by atoms with van der Waals surface area (Å²) in [6, 6.07) is 0. The summed E-state index contributed by atoms with van der Waals surface area (Å²) >= 11 is 0. The Bertz CT molecular complexity index is 100. The predicted octanol–water partition coefficient (Wildman–Crippen LogP) is 2.49. The maximum Gasteiger partial charge on any atom is 0.384 e. The van der Waals surface area contributed by atoms with Gasteiger partial charge in [0.15, 0.2) is 6.17 Å². The zero-order chi connectivity index (χ0) is 8.91. The second kappa shape index (κ2) is 4.59. The normalized spacial score (nSPS) is 15.0. The molecule has 1 atom stereocenters. The number of unbranched alkanes of at least 4 members (excludes halogenated alkanes) is 2. The van der Waals surface area contributed by atoms with Gasteiger partial charge in [-0.25, -0.2) is 4.39 Å². The van der Waals surface area contributed by atoms with Gasteiger partial charge in [0.2, 0.25) is 0 Å². The molecule has 0 fully saturated rings. The second-order valence-corrected chi connectivity index (χ2v) is 2.55.